The van der Waals surface area contributed by atoms with Crippen molar-refractivity contribution >= 4 is 6.09 Å². The molecule has 0 bridgehead atoms. The summed E-state index contributed by atoms with van der Waals surface area (Å²) in [6.07, 6.45) is 3.33. The van der Waals surface area contributed by atoms with E-state index in [0.717, 1.165) is 38.5 Å². The largest absolute Gasteiger partial charge is 0.444 e. The summed E-state index contributed by atoms with van der Waals surface area (Å²) in [6.45, 7) is 14.0. The van der Waals surface area contributed by atoms with Crippen molar-refractivity contribution in [2.45, 2.75) is 59.5 Å². The third kappa shape index (κ3) is 6.60. The zero-order chi connectivity index (χ0) is 15.2. The predicted octanol–water partition coefficient (Wildman–Crippen LogP) is 3.27. The fourth-order valence-electron chi connectivity index (χ4n) is 2.40. The van der Waals surface area contributed by atoms with Crippen LogP contribution in [0.3, 0.4) is 0 Å². The Morgan fingerprint density at radius 2 is 2.15 bits per heavy atom. The summed E-state index contributed by atoms with van der Waals surface area (Å²) in [5.74, 6) is 1.28. The van der Waals surface area contributed by atoms with Crippen molar-refractivity contribution in [2.75, 3.05) is 26.2 Å². The van der Waals surface area contributed by atoms with Gasteiger partial charge < -0.3 is 15.0 Å². The summed E-state index contributed by atoms with van der Waals surface area (Å²) in [5, 5.41) is 3.53. The van der Waals surface area contributed by atoms with Crippen molar-refractivity contribution in [1.82, 2.24) is 10.2 Å². The molecule has 1 fully saturated rings. The summed E-state index contributed by atoms with van der Waals surface area (Å²) in [6, 6.07) is 0. The van der Waals surface area contributed by atoms with Crippen LogP contribution in [0.4, 0.5) is 4.79 Å². The minimum absolute atomic E-state index is 0.163. The van der Waals surface area contributed by atoms with E-state index in [4.69, 9.17) is 4.74 Å². The maximum absolute atomic E-state index is 12.1. The standard InChI is InChI=1S/C16H32N2O2/c1-6-13(2)10-17-11-14-8-7-9-18(12-14)15(19)20-16(3,4)5/h13-14,17H,6-12H2,1-5H3. The molecule has 20 heavy (non-hydrogen) atoms. The van der Waals surface area contributed by atoms with Gasteiger partial charge in [0.2, 0.25) is 0 Å². The Hall–Kier alpha value is -0.770. The molecule has 0 aromatic heterocycles. The second kappa shape index (κ2) is 7.87. The van der Waals surface area contributed by atoms with Crippen LogP contribution < -0.4 is 5.32 Å². The Bertz CT molecular complexity index is 299. The number of amides is 1. The van der Waals surface area contributed by atoms with Crippen molar-refractivity contribution in [3.63, 3.8) is 0 Å². The van der Waals surface area contributed by atoms with Crippen LogP contribution in [0.15, 0.2) is 0 Å². The van der Waals surface area contributed by atoms with Crippen LogP contribution in [0.2, 0.25) is 0 Å². The third-order valence-corrected chi connectivity index (χ3v) is 3.79. The fraction of sp³-hybridized carbons (Fsp3) is 0.938. The summed E-state index contributed by atoms with van der Waals surface area (Å²) in [5.41, 5.74) is -0.404. The lowest BCUT2D eigenvalue weighted by Gasteiger charge is -2.34. The number of piperidine rings is 1. The quantitative estimate of drug-likeness (QED) is 0.842. The number of hydrogen-bond acceptors (Lipinski definition) is 3. The number of rotatable bonds is 5. The van der Waals surface area contributed by atoms with Crippen molar-refractivity contribution in [3.8, 4) is 0 Å². The van der Waals surface area contributed by atoms with Crippen molar-refractivity contribution in [3.05, 3.63) is 0 Å². The molecule has 1 aliphatic rings. The van der Waals surface area contributed by atoms with E-state index in [-0.39, 0.29) is 6.09 Å². The second-order valence-corrected chi connectivity index (χ2v) is 7.11. The zero-order valence-electron chi connectivity index (χ0n) is 13.9. The third-order valence-electron chi connectivity index (χ3n) is 3.79. The second-order valence-electron chi connectivity index (χ2n) is 7.11. The van der Waals surface area contributed by atoms with Gasteiger partial charge in [0.1, 0.15) is 5.60 Å². The van der Waals surface area contributed by atoms with Gasteiger partial charge in [0, 0.05) is 13.1 Å². The highest BCUT2D eigenvalue weighted by Crippen LogP contribution is 2.19. The van der Waals surface area contributed by atoms with E-state index in [1.807, 2.05) is 25.7 Å². The average molecular weight is 284 g/mol. The van der Waals surface area contributed by atoms with Gasteiger partial charge in [-0.1, -0.05) is 20.3 Å². The van der Waals surface area contributed by atoms with Gasteiger partial charge in [-0.25, -0.2) is 4.79 Å². The maximum atomic E-state index is 12.1. The number of carbonyl (C=O) groups excluding carboxylic acids is 1. The number of ether oxygens (including phenoxy) is 1. The molecule has 1 heterocycles. The van der Waals surface area contributed by atoms with Crippen LogP contribution in [0.25, 0.3) is 0 Å². The molecule has 4 heteroatoms. The van der Waals surface area contributed by atoms with Crippen LogP contribution in [0, 0.1) is 11.8 Å². The number of likely N-dealkylation sites (tertiary alicyclic amines) is 1. The highest BCUT2D eigenvalue weighted by atomic mass is 16.6. The Morgan fingerprint density at radius 3 is 2.75 bits per heavy atom. The van der Waals surface area contributed by atoms with Crippen LogP contribution in [0.5, 0.6) is 0 Å². The maximum Gasteiger partial charge on any atom is 0.410 e. The Labute approximate surface area is 124 Å². The Morgan fingerprint density at radius 1 is 1.45 bits per heavy atom. The fourth-order valence-corrected chi connectivity index (χ4v) is 2.40. The normalized spacial score (nSPS) is 21.6. The van der Waals surface area contributed by atoms with E-state index in [2.05, 4.69) is 19.2 Å². The zero-order valence-corrected chi connectivity index (χ0v) is 13.9. The summed E-state index contributed by atoms with van der Waals surface area (Å²) in [7, 11) is 0. The van der Waals surface area contributed by atoms with E-state index in [9.17, 15) is 4.79 Å². The molecule has 0 aliphatic carbocycles. The Kier molecular flexibility index (Phi) is 6.80. The van der Waals surface area contributed by atoms with Crippen LogP contribution in [0.1, 0.15) is 53.9 Å². The van der Waals surface area contributed by atoms with Crippen molar-refractivity contribution < 1.29 is 9.53 Å². The van der Waals surface area contributed by atoms with Gasteiger partial charge >= 0.3 is 6.09 Å². The van der Waals surface area contributed by atoms with Gasteiger partial charge in [-0.2, -0.15) is 0 Å². The first-order chi connectivity index (χ1) is 9.31. The summed E-state index contributed by atoms with van der Waals surface area (Å²) < 4.78 is 5.45. The molecule has 1 amide bonds. The molecular weight excluding hydrogens is 252 g/mol. The van der Waals surface area contributed by atoms with E-state index in [1.165, 1.54) is 12.8 Å². The molecule has 0 saturated carbocycles. The first-order valence-corrected chi connectivity index (χ1v) is 8.00. The smallest absolute Gasteiger partial charge is 0.410 e. The molecule has 0 spiro atoms. The molecule has 2 atom stereocenters. The van der Waals surface area contributed by atoms with Crippen LogP contribution in [-0.2, 0) is 4.74 Å². The molecule has 1 saturated heterocycles. The van der Waals surface area contributed by atoms with Crippen LogP contribution in [-0.4, -0.2) is 42.8 Å². The first kappa shape index (κ1) is 17.3. The van der Waals surface area contributed by atoms with Gasteiger partial charge in [-0.3, -0.25) is 0 Å². The molecule has 118 valence electrons. The predicted molar refractivity (Wildman–Crippen MR) is 82.9 cm³/mol. The minimum Gasteiger partial charge on any atom is -0.444 e. The van der Waals surface area contributed by atoms with Crippen molar-refractivity contribution in [2.24, 2.45) is 11.8 Å². The lowest BCUT2D eigenvalue weighted by molar-refractivity contribution is 0.0166. The molecule has 1 aliphatic heterocycles. The average Bonchev–Trinajstić information content (AvgIpc) is 2.37. The molecule has 1 N–H and O–H groups in total. The lowest BCUT2D eigenvalue weighted by Crippen LogP contribution is -2.45. The highest BCUT2D eigenvalue weighted by Gasteiger charge is 2.27. The molecule has 0 radical (unpaired) electrons. The van der Waals surface area contributed by atoms with E-state index >= 15 is 0 Å². The molecular formula is C16H32N2O2. The number of hydrogen-bond donors (Lipinski definition) is 1. The number of nitrogens with zero attached hydrogens (tertiary/aromatic N) is 1. The van der Waals surface area contributed by atoms with Gasteiger partial charge in [0.05, 0.1) is 0 Å². The molecule has 2 unspecified atom stereocenters. The van der Waals surface area contributed by atoms with E-state index in [0.29, 0.717) is 5.92 Å². The highest BCUT2D eigenvalue weighted by molar-refractivity contribution is 5.68. The van der Waals surface area contributed by atoms with Crippen LogP contribution >= 0.6 is 0 Å². The number of nitrogens with one attached hydrogen (secondary N) is 1. The van der Waals surface area contributed by atoms with E-state index in [1.54, 1.807) is 0 Å². The van der Waals surface area contributed by atoms with Crippen molar-refractivity contribution in [1.29, 1.82) is 0 Å². The molecule has 1 rings (SSSR count). The van der Waals surface area contributed by atoms with Gasteiger partial charge in [-0.05, 0) is 58.5 Å². The van der Waals surface area contributed by atoms with E-state index < -0.39 is 5.60 Å². The first-order valence-electron chi connectivity index (χ1n) is 8.00. The molecule has 0 aromatic rings. The molecule has 0 aromatic carbocycles. The lowest BCUT2D eigenvalue weighted by atomic mass is 9.98. The number of carbonyl (C=O) groups is 1. The van der Waals surface area contributed by atoms with Gasteiger partial charge in [0.25, 0.3) is 0 Å². The molecule has 4 nitrogen and oxygen atoms in total. The topological polar surface area (TPSA) is 41.6 Å². The van der Waals surface area contributed by atoms with Gasteiger partial charge in [0.15, 0.2) is 0 Å². The Balaban J connectivity index is 2.33. The SMILES string of the molecule is CCC(C)CNCC1CCCN(C(=O)OC(C)(C)C)C1. The van der Waals surface area contributed by atoms with Gasteiger partial charge in [-0.15, -0.1) is 0 Å². The monoisotopic (exact) mass is 284 g/mol. The summed E-state index contributed by atoms with van der Waals surface area (Å²) in [4.78, 5) is 13.9. The summed E-state index contributed by atoms with van der Waals surface area (Å²) >= 11 is 0. The minimum atomic E-state index is -0.404.